The van der Waals surface area contributed by atoms with E-state index in [1.807, 2.05) is 11.0 Å². The summed E-state index contributed by atoms with van der Waals surface area (Å²) in [6.45, 7) is 6.41. The summed E-state index contributed by atoms with van der Waals surface area (Å²) in [5.41, 5.74) is 10.2. The summed E-state index contributed by atoms with van der Waals surface area (Å²) in [6, 6.07) is 12.4. The first kappa shape index (κ1) is 20.7. The third-order valence-electron chi connectivity index (χ3n) is 7.82. The number of nitrogens with two attached hydrogens (primary N) is 1. The Morgan fingerprint density at radius 2 is 1.87 bits per heavy atom. The van der Waals surface area contributed by atoms with Crippen LogP contribution in [0.5, 0.6) is 0 Å². The number of piperidine rings is 1. The van der Waals surface area contributed by atoms with Crippen molar-refractivity contribution in [2.75, 3.05) is 13.1 Å². The molecular formula is C25H35N5O. The van der Waals surface area contributed by atoms with Crippen molar-refractivity contribution in [1.29, 1.82) is 0 Å². The Morgan fingerprint density at radius 1 is 1.16 bits per heavy atom. The van der Waals surface area contributed by atoms with E-state index in [9.17, 15) is 4.79 Å². The molecule has 2 saturated heterocycles. The van der Waals surface area contributed by atoms with Crippen LogP contribution < -0.4 is 5.73 Å². The molecule has 0 spiro atoms. The highest BCUT2D eigenvalue weighted by atomic mass is 16.2. The van der Waals surface area contributed by atoms with E-state index in [1.54, 1.807) is 6.92 Å². The van der Waals surface area contributed by atoms with Gasteiger partial charge in [0.1, 0.15) is 5.82 Å². The minimum atomic E-state index is 0.110. The fraction of sp³-hybridized carbons (Fsp3) is 0.600. The van der Waals surface area contributed by atoms with Gasteiger partial charge in [-0.05, 0) is 44.6 Å². The zero-order valence-electron chi connectivity index (χ0n) is 18.8. The molecule has 0 unspecified atom stereocenters. The van der Waals surface area contributed by atoms with E-state index in [0.29, 0.717) is 24.7 Å². The molecular weight excluding hydrogens is 386 g/mol. The number of aromatic nitrogens is 2. The minimum Gasteiger partial charge on any atom is -0.337 e. The summed E-state index contributed by atoms with van der Waals surface area (Å²) >= 11 is 0. The lowest BCUT2D eigenvalue weighted by atomic mass is 9.95. The van der Waals surface area contributed by atoms with Gasteiger partial charge >= 0.3 is 0 Å². The first-order chi connectivity index (χ1) is 15.0. The monoisotopic (exact) mass is 421 g/mol. The second-order valence-electron chi connectivity index (χ2n) is 9.67. The molecule has 0 saturated carbocycles. The predicted octanol–water partition coefficient (Wildman–Crippen LogP) is 3.35. The molecule has 4 atom stereocenters. The highest BCUT2D eigenvalue weighted by Gasteiger charge is 2.42. The molecule has 3 aliphatic heterocycles. The number of imidazole rings is 1. The van der Waals surface area contributed by atoms with Crippen molar-refractivity contribution in [2.45, 2.75) is 83.1 Å². The Labute approximate surface area is 185 Å². The van der Waals surface area contributed by atoms with Crippen molar-refractivity contribution in [2.24, 2.45) is 5.73 Å². The molecule has 31 heavy (non-hydrogen) atoms. The second-order valence-corrected chi connectivity index (χ2v) is 9.67. The van der Waals surface area contributed by atoms with Gasteiger partial charge in [0, 0.05) is 50.6 Å². The first-order valence-electron chi connectivity index (χ1n) is 11.9. The number of aryl methyl sites for hydroxylation is 1. The van der Waals surface area contributed by atoms with E-state index in [2.05, 4.69) is 40.7 Å². The maximum atomic E-state index is 12.0. The van der Waals surface area contributed by atoms with E-state index in [4.69, 9.17) is 10.7 Å². The standard InChI is InChI=1S/C25H35N5O/c1-17-27-24-11-12-28(18(2)31)16-25(24)30(17)22-14-20-8-9-21(15-22)29(20)13-10-23(26)19-6-4-3-5-7-19/h3-7,20-23H,8-16,26H2,1-2H3/t20-,21+,22+,23-/m0/s1. The zero-order chi connectivity index (χ0) is 21.5. The lowest BCUT2D eigenvalue weighted by Gasteiger charge is -2.41. The lowest BCUT2D eigenvalue weighted by molar-refractivity contribution is -0.129. The van der Waals surface area contributed by atoms with Gasteiger partial charge in [-0.15, -0.1) is 0 Å². The van der Waals surface area contributed by atoms with Crippen LogP contribution in [0.15, 0.2) is 30.3 Å². The van der Waals surface area contributed by atoms with Gasteiger partial charge in [0.05, 0.1) is 17.9 Å². The molecule has 6 heteroatoms. The van der Waals surface area contributed by atoms with Gasteiger partial charge in [0.2, 0.25) is 5.91 Å². The van der Waals surface area contributed by atoms with Crippen molar-refractivity contribution in [3.8, 4) is 0 Å². The van der Waals surface area contributed by atoms with Crippen molar-refractivity contribution < 1.29 is 4.79 Å². The molecule has 1 aromatic carbocycles. The van der Waals surface area contributed by atoms with E-state index in [0.717, 1.165) is 31.8 Å². The summed E-state index contributed by atoms with van der Waals surface area (Å²) < 4.78 is 2.49. The second kappa shape index (κ2) is 8.40. The van der Waals surface area contributed by atoms with Gasteiger partial charge in [-0.25, -0.2) is 4.98 Å². The molecule has 6 nitrogen and oxygen atoms in total. The van der Waals surface area contributed by atoms with E-state index in [-0.39, 0.29) is 11.9 Å². The number of amides is 1. The molecule has 2 aromatic rings. The van der Waals surface area contributed by atoms with Crippen LogP contribution in [0.3, 0.4) is 0 Å². The molecule has 5 rings (SSSR count). The summed E-state index contributed by atoms with van der Waals surface area (Å²) in [4.78, 5) is 21.6. The molecule has 0 radical (unpaired) electrons. The number of benzene rings is 1. The van der Waals surface area contributed by atoms with Crippen LogP contribution in [0.4, 0.5) is 0 Å². The van der Waals surface area contributed by atoms with Crippen LogP contribution in [-0.4, -0.2) is 50.4 Å². The maximum absolute atomic E-state index is 12.0. The van der Waals surface area contributed by atoms with Crippen molar-refractivity contribution in [3.63, 3.8) is 0 Å². The fourth-order valence-corrected chi connectivity index (χ4v) is 6.25. The predicted molar refractivity (Wildman–Crippen MR) is 122 cm³/mol. The Hall–Kier alpha value is -2.18. The Bertz CT molecular complexity index is 925. The highest BCUT2D eigenvalue weighted by Crippen LogP contribution is 2.42. The zero-order valence-corrected chi connectivity index (χ0v) is 18.8. The molecule has 4 heterocycles. The van der Waals surface area contributed by atoms with Crippen LogP contribution in [-0.2, 0) is 17.8 Å². The summed E-state index contributed by atoms with van der Waals surface area (Å²) in [5, 5.41) is 0. The van der Waals surface area contributed by atoms with E-state index >= 15 is 0 Å². The largest absolute Gasteiger partial charge is 0.337 e. The van der Waals surface area contributed by atoms with Crippen LogP contribution in [0, 0.1) is 6.92 Å². The molecule has 0 aliphatic carbocycles. The number of carbonyl (C=O) groups excluding carboxylic acids is 1. The third-order valence-corrected chi connectivity index (χ3v) is 7.82. The number of hydrogen-bond acceptors (Lipinski definition) is 4. The normalized spacial score (nSPS) is 26.7. The number of hydrogen-bond donors (Lipinski definition) is 1. The van der Waals surface area contributed by atoms with Gasteiger partial charge in [-0.3, -0.25) is 9.69 Å². The van der Waals surface area contributed by atoms with Gasteiger partial charge in [0.25, 0.3) is 0 Å². The molecule has 2 bridgehead atoms. The Morgan fingerprint density at radius 3 is 2.55 bits per heavy atom. The minimum absolute atomic E-state index is 0.110. The summed E-state index contributed by atoms with van der Waals surface area (Å²) in [5.74, 6) is 1.29. The van der Waals surface area contributed by atoms with Gasteiger partial charge in [0.15, 0.2) is 0 Å². The van der Waals surface area contributed by atoms with Crippen molar-refractivity contribution in [1.82, 2.24) is 19.4 Å². The number of carbonyl (C=O) groups is 1. The topological polar surface area (TPSA) is 67.4 Å². The van der Waals surface area contributed by atoms with Crippen LogP contribution in [0.25, 0.3) is 0 Å². The molecule has 2 fully saturated rings. The van der Waals surface area contributed by atoms with Gasteiger partial charge in [-0.2, -0.15) is 0 Å². The van der Waals surface area contributed by atoms with Crippen LogP contribution >= 0.6 is 0 Å². The fourth-order valence-electron chi connectivity index (χ4n) is 6.25. The molecule has 2 N–H and O–H groups in total. The third kappa shape index (κ3) is 3.92. The molecule has 1 aromatic heterocycles. The Kier molecular flexibility index (Phi) is 5.61. The summed E-state index contributed by atoms with van der Waals surface area (Å²) in [6.07, 6.45) is 6.83. The average molecular weight is 422 g/mol. The first-order valence-corrected chi connectivity index (χ1v) is 11.9. The average Bonchev–Trinajstić information content (AvgIpc) is 3.22. The quantitative estimate of drug-likeness (QED) is 0.804. The maximum Gasteiger partial charge on any atom is 0.219 e. The van der Waals surface area contributed by atoms with Crippen molar-refractivity contribution >= 4 is 5.91 Å². The summed E-state index contributed by atoms with van der Waals surface area (Å²) in [7, 11) is 0. The van der Waals surface area contributed by atoms with Crippen molar-refractivity contribution in [3.05, 3.63) is 53.1 Å². The smallest absolute Gasteiger partial charge is 0.219 e. The van der Waals surface area contributed by atoms with E-state index in [1.165, 1.54) is 42.6 Å². The lowest BCUT2D eigenvalue weighted by Crippen LogP contribution is -2.45. The van der Waals surface area contributed by atoms with Gasteiger partial charge in [-0.1, -0.05) is 30.3 Å². The number of fused-ring (bicyclic) bond motifs is 3. The molecule has 3 aliphatic rings. The number of nitrogens with zero attached hydrogens (tertiary/aromatic N) is 4. The molecule has 166 valence electrons. The van der Waals surface area contributed by atoms with Crippen LogP contribution in [0.1, 0.15) is 73.9 Å². The van der Waals surface area contributed by atoms with E-state index < -0.39 is 0 Å². The Balaban J connectivity index is 1.28. The molecule has 1 amide bonds. The van der Waals surface area contributed by atoms with Crippen LogP contribution in [0.2, 0.25) is 0 Å². The highest BCUT2D eigenvalue weighted by molar-refractivity contribution is 5.73. The van der Waals surface area contributed by atoms with Gasteiger partial charge < -0.3 is 15.2 Å². The SMILES string of the molecule is CC(=O)N1CCc2nc(C)n([C@H]3C[C@H]4CC[C@@H](C3)N4CC[C@H](N)c3ccccc3)c2C1. The number of rotatable bonds is 5.